The minimum absolute atomic E-state index is 0.0160. The third-order valence-corrected chi connectivity index (χ3v) is 7.25. The summed E-state index contributed by atoms with van der Waals surface area (Å²) in [6, 6.07) is 8.59. The lowest BCUT2D eigenvalue weighted by Gasteiger charge is -2.26. The largest absolute Gasteiger partial charge is 0.454 e. The zero-order chi connectivity index (χ0) is 21.9. The maximum absolute atomic E-state index is 12.8. The molecular formula is C20H19Cl2NO6S. The van der Waals surface area contributed by atoms with E-state index in [-0.39, 0.29) is 34.1 Å². The molecule has 0 atom stereocenters. The van der Waals surface area contributed by atoms with Gasteiger partial charge in [0.15, 0.2) is 12.4 Å². The average molecular weight is 472 g/mol. The molecule has 0 radical (unpaired) electrons. The van der Waals surface area contributed by atoms with Gasteiger partial charge in [-0.1, -0.05) is 29.3 Å². The number of hydrogen-bond acceptors (Lipinski definition) is 6. The van der Waals surface area contributed by atoms with Crippen molar-refractivity contribution in [2.75, 3.05) is 32.9 Å². The Bertz CT molecular complexity index is 1080. The SMILES string of the molecule is Cc1ccc(S(=O)(=O)N2CCOCC2)cc1C(=O)OCC(=O)c1ccc(Cl)c(Cl)c1. The molecule has 1 aliphatic rings. The summed E-state index contributed by atoms with van der Waals surface area (Å²) in [4.78, 5) is 24.8. The summed E-state index contributed by atoms with van der Waals surface area (Å²) in [5.41, 5.74) is 0.853. The van der Waals surface area contributed by atoms with Crippen LogP contribution in [0.15, 0.2) is 41.3 Å². The zero-order valence-corrected chi connectivity index (χ0v) is 18.4. The Morgan fingerprint density at radius 1 is 1.07 bits per heavy atom. The van der Waals surface area contributed by atoms with Crippen molar-refractivity contribution >= 4 is 45.0 Å². The summed E-state index contributed by atoms with van der Waals surface area (Å²) in [6.45, 7) is 2.26. The lowest BCUT2D eigenvalue weighted by atomic mass is 10.1. The summed E-state index contributed by atoms with van der Waals surface area (Å²) < 4.78 is 37.3. The lowest BCUT2D eigenvalue weighted by molar-refractivity contribution is 0.0473. The van der Waals surface area contributed by atoms with Crippen LogP contribution in [0.4, 0.5) is 0 Å². The number of benzene rings is 2. The number of nitrogens with zero attached hydrogens (tertiary/aromatic N) is 1. The first-order valence-electron chi connectivity index (χ1n) is 9.04. The molecule has 0 spiro atoms. The van der Waals surface area contributed by atoms with Crippen LogP contribution in [0.25, 0.3) is 0 Å². The van der Waals surface area contributed by atoms with Gasteiger partial charge in [0, 0.05) is 18.7 Å². The molecular weight excluding hydrogens is 453 g/mol. The third kappa shape index (κ3) is 5.01. The molecule has 3 rings (SSSR count). The minimum Gasteiger partial charge on any atom is -0.454 e. The predicted octanol–water partition coefficient (Wildman–Crippen LogP) is 3.36. The van der Waals surface area contributed by atoms with Gasteiger partial charge in [0.25, 0.3) is 0 Å². The second kappa shape index (κ2) is 9.45. The zero-order valence-electron chi connectivity index (χ0n) is 16.1. The first kappa shape index (κ1) is 22.7. The van der Waals surface area contributed by atoms with Gasteiger partial charge >= 0.3 is 5.97 Å². The van der Waals surface area contributed by atoms with Crippen molar-refractivity contribution in [3.05, 3.63) is 63.1 Å². The average Bonchev–Trinajstić information content (AvgIpc) is 2.74. The molecule has 0 amide bonds. The number of aryl methyl sites for hydroxylation is 1. The number of ether oxygens (including phenoxy) is 2. The second-order valence-electron chi connectivity index (χ2n) is 6.62. The van der Waals surface area contributed by atoms with E-state index in [1.165, 1.54) is 40.7 Å². The third-order valence-electron chi connectivity index (χ3n) is 4.61. The molecule has 0 saturated carbocycles. The van der Waals surface area contributed by atoms with Crippen molar-refractivity contribution < 1.29 is 27.5 Å². The fourth-order valence-corrected chi connectivity index (χ4v) is 4.61. The van der Waals surface area contributed by atoms with Crippen LogP contribution >= 0.6 is 23.2 Å². The fraction of sp³-hybridized carbons (Fsp3) is 0.300. The van der Waals surface area contributed by atoms with E-state index in [1.54, 1.807) is 6.92 Å². The van der Waals surface area contributed by atoms with Crippen LogP contribution in [0.5, 0.6) is 0 Å². The minimum atomic E-state index is -3.77. The molecule has 0 N–H and O–H groups in total. The maximum Gasteiger partial charge on any atom is 0.338 e. The maximum atomic E-state index is 12.8. The van der Waals surface area contributed by atoms with Gasteiger partial charge in [-0.15, -0.1) is 0 Å². The molecule has 7 nitrogen and oxygen atoms in total. The van der Waals surface area contributed by atoms with E-state index >= 15 is 0 Å². The van der Waals surface area contributed by atoms with Gasteiger partial charge in [-0.2, -0.15) is 4.31 Å². The first-order chi connectivity index (χ1) is 14.2. The van der Waals surface area contributed by atoms with Crippen LogP contribution in [0, 0.1) is 6.92 Å². The van der Waals surface area contributed by atoms with Gasteiger partial charge < -0.3 is 9.47 Å². The van der Waals surface area contributed by atoms with Crippen LogP contribution in [-0.2, 0) is 19.5 Å². The van der Waals surface area contributed by atoms with E-state index in [0.717, 1.165) is 0 Å². The van der Waals surface area contributed by atoms with Crippen LogP contribution < -0.4 is 0 Å². The summed E-state index contributed by atoms with van der Waals surface area (Å²) >= 11 is 11.7. The summed E-state index contributed by atoms with van der Waals surface area (Å²) in [7, 11) is -3.77. The van der Waals surface area contributed by atoms with Crippen LogP contribution in [0.2, 0.25) is 10.0 Å². The van der Waals surface area contributed by atoms with Crippen molar-refractivity contribution in [3.8, 4) is 0 Å². The number of hydrogen-bond donors (Lipinski definition) is 0. The Balaban J connectivity index is 1.75. The normalized spacial score (nSPS) is 15.0. The van der Waals surface area contributed by atoms with Crippen LogP contribution in [-0.4, -0.2) is 57.4 Å². The number of rotatable bonds is 6. The lowest BCUT2D eigenvalue weighted by Crippen LogP contribution is -2.40. The molecule has 2 aromatic rings. The number of Topliss-reactive ketones (excluding diaryl/α,β-unsaturated/α-hetero) is 1. The standard InChI is InChI=1S/C20H19Cl2NO6S/c1-13-2-4-15(30(26,27)23-6-8-28-9-7-23)11-16(13)20(25)29-12-19(24)14-3-5-17(21)18(22)10-14/h2-5,10-11H,6-9,12H2,1H3. The van der Waals surface area contributed by atoms with Crippen molar-refractivity contribution in [1.82, 2.24) is 4.31 Å². The van der Waals surface area contributed by atoms with Crippen molar-refractivity contribution in [2.45, 2.75) is 11.8 Å². The number of ketones is 1. The van der Waals surface area contributed by atoms with E-state index in [1.807, 2.05) is 0 Å². The Morgan fingerprint density at radius 3 is 2.43 bits per heavy atom. The predicted molar refractivity (Wildman–Crippen MR) is 112 cm³/mol. The number of carbonyl (C=O) groups excluding carboxylic acids is 2. The molecule has 1 aliphatic heterocycles. The molecule has 1 fully saturated rings. The Hall–Kier alpha value is -1.97. The number of morpholine rings is 1. The number of esters is 1. The van der Waals surface area contributed by atoms with Gasteiger partial charge in [-0.25, -0.2) is 13.2 Å². The van der Waals surface area contributed by atoms with Gasteiger partial charge in [-0.3, -0.25) is 4.79 Å². The van der Waals surface area contributed by atoms with Crippen LogP contribution in [0.1, 0.15) is 26.3 Å². The number of carbonyl (C=O) groups is 2. The molecule has 0 aromatic heterocycles. The summed E-state index contributed by atoms with van der Waals surface area (Å²) in [5, 5.41) is 0.518. The number of halogens is 2. The monoisotopic (exact) mass is 471 g/mol. The highest BCUT2D eigenvalue weighted by atomic mass is 35.5. The van der Waals surface area contributed by atoms with Crippen molar-refractivity contribution in [2.24, 2.45) is 0 Å². The van der Waals surface area contributed by atoms with E-state index < -0.39 is 28.4 Å². The Labute approximate surface area is 184 Å². The highest BCUT2D eigenvalue weighted by Gasteiger charge is 2.27. The van der Waals surface area contributed by atoms with Gasteiger partial charge in [0.05, 0.1) is 33.7 Å². The van der Waals surface area contributed by atoms with E-state index in [0.29, 0.717) is 23.8 Å². The quantitative estimate of drug-likeness (QED) is 0.473. The fourth-order valence-electron chi connectivity index (χ4n) is 2.88. The molecule has 160 valence electrons. The summed E-state index contributed by atoms with van der Waals surface area (Å²) in [6.07, 6.45) is 0. The van der Waals surface area contributed by atoms with Crippen molar-refractivity contribution in [1.29, 1.82) is 0 Å². The highest BCUT2D eigenvalue weighted by Crippen LogP contribution is 2.23. The van der Waals surface area contributed by atoms with E-state index in [9.17, 15) is 18.0 Å². The molecule has 1 heterocycles. The smallest absolute Gasteiger partial charge is 0.338 e. The molecule has 2 aromatic carbocycles. The van der Waals surface area contributed by atoms with Gasteiger partial charge in [0.1, 0.15) is 0 Å². The molecule has 1 saturated heterocycles. The number of sulfonamides is 1. The summed E-state index contributed by atoms with van der Waals surface area (Å²) in [5.74, 6) is -1.25. The Morgan fingerprint density at radius 2 is 1.77 bits per heavy atom. The van der Waals surface area contributed by atoms with Gasteiger partial charge in [-0.05, 0) is 42.8 Å². The second-order valence-corrected chi connectivity index (χ2v) is 9.37. The van der Waals surface area contributed by atoms with E-state index in [2.05, 4.69) is 0 Å². The first-order valence-corrected chi connectivity index (χ1v) is 11.2. The van der Waals surface area contributed by atoms with Crippen molar-refractivity contribution in [3.63, 3.8) is 0 Å². The van der Waals surface area contributed by atoms with E-state index in [4.69, 9.17) is 32.7 Å². The van der Waals surface area contributed by atoms with Gasteiger partial charge in [0.2, 0.25) is 10.0 Å². The highest BCUT2D eigenvalue weighted by molar-refractivity contribution is 7.89. The molecule has 0 aliphatic carbocycles. The molecule has 0 unspecified atom stereocenters. The topological polar surface area (TPSA) is 90.0 Å². The molecule has 10 heteroatoms. The molecule has 30 heavy (non-hydrogen) atoms. The van der Waals surface area contributed by atoms with Crippen LogP contribution in [0.3, 0.4) is 0 Å². The Kier molecular flexibility index (Phi) is 7.15. The molecule has 0 bridgehead atoms.